The lowest BCUT2D eigenvalue weighted by molar-refractivity contribution is 0.0853. The molecule has 114 valence electrons. The maximum absolute atomic E-state index is 5.96. The van der Waals surface area contributed by atoms with Crippen LogP contribution >= 0.6 is 12.2 Å². The second kappa shape index (κ2) is 6.28. The van der Waals surface area contributed by atoms with Crippen LogP contribution in [0.15, 0.2) is 6.07 Å². The first kappa shape index (κ1) is 14.7. The number of anilines is 1. The molecule has 0 radical (unpaired) electrons. The molecule has 21 heavy (non-hydrogen) atoms. The number of hydrogen-bond acceptors (Lipinski definition) is 4. The van der Waals surface area contributed by atoms with Crippen LogP contribution in [0.1, 0.15) is 42.5 Å². The Morgan fingerprint density at radius 2 is 2.05 bits per heavy atom. The number of thiocarbonyl (C=S) groups is 1. The maximum Gasteiger partial charge on any atom is 0.139 e. The summed E-state index contributed by atoms with van der Waals surface area (Å²) in [6.07, 6.45) is 6.70. The van der Waals surface area contributed by atoms with Gasteiger partial charge in [0, 0.05) is 32.0 Å². The third kappa shape index (κ3) is 3.04. The van der Waals surface area contributed by atoms with E-state index in [9.17, 15) is 0 Å². The molecular weight excluding hydrogens is 282 g/mol. The summed E-state index contributed by atoms with van der Waals surface area (Å²) in [7, 11) is 2.11. The van der Waals surface area contributed by atoms with Crippen LogP contribution in [0, 0.1) is 0 Å². The van der Waals surface area contributed by atoms with Gasteiger partial charge in [-0.05, 0) is 50.2 Å². The van der Waals surface area contributed by atoms with Crippen molar-refractivity contribution in [1.82, 2.24) is 4.98 Å². The van der Waals surface area contributed by atoms with Gasteiger partial charge in [0.1, 0.15) is 10.8 Å². The van der Waals surface area contributed by atoms with Crippen LogP contribution in [-0.4, -0.2) is 36.3 Å². The molecule has 2 aliphatic rings. The highest BCUT2D eigenvalue weighted by atomic mass is 32.1. The van der Waals surface area contributed by atoms with Crippen molar-refractivity contribution in [2.45, 2.75) is 44.6 Å². The smallest absolute Gasteiger partial charge is 0.139 e. The number of aromatic nitrogens is 1. The lowest BCUT2D eigenvalue weighted by Gasteiger charge is -2.34. The van der Waals surface area contributed by atoms with E-state index in [0.717, 1.165) is 50.3 Å². The van der Waals surface area contributed by atoms with Crippen molar-refractivity contribution >= 4 is 23.0 Å². The minimum atomic E-state index is 0.449. The van der Waals surface area contributed by atoms with Crippen LogP contribution in [-0.2, 0) is 17.6 Å². The van der Waals surface area contributed by atoms with Crippen molar-refractivity contribution < 1.29 is 4.74 Å². The zero-order valence-corrected chi connectivity index (χ0v) is 13.4. The van der Waals surface area contributed by atoms with E-state index in [-0.39, 0.29) is 0 Å². The van der Waals surface area contributed by atoms with Gasteiger partial charge < -0.3 is 15.4 Å². The van der Waals surface area contributed by atoms with Crippen molar-refractivity contribution in [3.8, 4) is 0 Å². The molecule has 0 bridgehead atoms. The standard InChI is InChI=1S/C16H23N3OS/c1-19(12-6-8-20-9-7-12)16-13(15(17)21)10-11-4-2-3-5-14(11)18-16/h10,12H,2-9H2,1H3,(H2,17,21). The Hall–Kier alpha value is -1.20. The zero-order valence-electron chi connectivity index (χ0n) is 12.6. The zero-order chi connectivity index (χ0) is 14.8. The Morgan fingerprint density at radius 1 is 1.33 bits per heavy atom. The normalized spacial score (nSPS) is 19.1. The predicted molar refractivity (Wildman–Crippen MR) is 89.0 cm³/mol. The van der Waals surface area contributed by atoms with Gasteiger partial charge in [-0.2, -0.15) is 0 Å². The van der Waals surface area contributed by atoms with Gasteiger partial charge in [-0.25, -0.2) is 4.98 Å². The van der Waals surface area contributed by atoms with Gasteiger partial charge in [0.05, 0.1) is 5.56 Å². The Balaban J connectivity index is 1.96. The van der Waals surface area contributed by atoms with E-state index in [1.54, 1.807) is 0 Å². The average molecular weight is 305 g/mol. The first-order valence-corrected chi connectivity index (χ1v) is 8.21. The maximum atomic E-state index is 5.96. The molecule has 1 fully saturated rings. The number of fused-ring (bicyclic) bond motifs is 1. The summed E-state index contributed by atoms with van der Waals surface area (Å²) in [5.41, 5.74) is 9.44. The van der Waals surface area contributed by atoms with Gasteiger partial charge in [-0.3, -0.25) is 0 Å². The quantitative estimate of drug-likeness (QED) is 0.868. The molecule has 0 unspecified atom stereocenters. The highest BCUT2D eigenvalue weighted by Gasteiger charge is 2.24. The van der Waals surface area contributed by atoms with Crippen molar-refractivity contribution in [3.05, 3.63) is 22.9 Å². The molecule has 1 aromatic rings. The van der Waals surface area contributed by atoms with Crippen LogP contribution in [0.3, 0.4) is 0 Å². The summed E-state index contributed by atoms with van der Waals surface area (Å²) in [4.78, 5) is 7.63. The largest absolute Gasteiger partial charge is 0.389 e. The number of rotatable bonds is 3. The molecule has 5 heteroatoms. The van der Waals surface area contributed by atoms with Gasteiger partial charge in [0.15, 0.2) is 0 Å². The number of pyridine rings is 1. The highest BCUT2D eigenvalue weighted by Crippen LogP contribution is 2.28. The number of ether oxygens (including phenoxy) is 1. The average Bonchev–Trinajstić information content (AvgIpc) is 2.53. The van der Waals surface area contributed by atoms with Crippen LogP contribution in [0.2, 0.25) is 0 Å². The lowest BCUT2D eigenvalue weighted by Crippen LogP contribution is -2.38. The molecule has 0 aromatic carbocycles. The van der Waals surface area contributed by atoms with Crippen LogP contribution in [0.5, 0.6) is 0 Å². The number of nitrogens with two attached hydrogens (primary N) is 1. The first-order chi connectivity index (χ1) is 10.2. The molecule has 1 saturated heterocycles. The first-order valence-electron chi connectivity index (χ1n) is 7.80. The third-order valence-corrected chi connectivity index (χ3v) is 4.84. The van der Waals surface area contributed by atoms with E-state index in [4.69, 9.17) is 27.7 Å². The second-order valence-electron chi connectivity index (χ2n) is 5.99. The van der Waals surface area contributed by atoms with Crippen molar-refractivity contribution in [2.24, 2.45) is 5.73 Å². The molecule has 4 nitrogen and oxygen atoms in total. The Labute approximate surface area is 131 Å². The summed E-state index contributed by atoms with van der Waals surface area (Å²) >= 11 is 5.26. The number of nitrogens with zero attached hydrogens (tertiary/aromatic N) is 2. The van der Waals surface area contributed by atoms with Crippen molar-refractivity contribution in [2.75, 3.05) is 25.2 Å². The predicted octanol–water partition coefficient (Wildman–Crippen LogP) is 2.21. The summed E-state index contributed by atoms with van der Waals surface area (Å²) < 4.78 is 5.46. The molecule has 1 aromatic heterocycles. The Morgan fingerprint density at radius 3 is 2.76 bits per heavy atom. The molecule has 0 saturated carbocycles. The van der Waals surface area contributed by atoms with Gasteiger partial charge >= 0.3 is 0 Å². The topological polar surface area (TPSA) is 51.4 Å². The minimum Gasteiger partial charge on any atom is -0.389 e. The van der Waals surface area contributed by atoms with Crippen molar-refractivity contribution in [3.63, 3.8) is 0 Å². The van der Waals surface area contributed by atoms with E-state index in [2.05, 4.69) is 18.0 Å². The van der Waals surface area contributed by atoms with E-state index in [0.29, 0.717) is 11.0 Å². The van der Waals surface area contributed by atoms with Gasteiger partial charge in [-0.15, -0.1) is 0 Å². The summed E-state index contributed by atoms with van der Waals surface area (Å²) in [5.74, 6) is 0.954. The second-order valence-corrected chi connectivity index (χ2v) is 6.43. The van der Waals surface area contributed by atoms with E-state index < -0.39 is 0 Å². The molecule has 0 amide bonds. The van der Waals surface area contributed by atoms with Crippen molar-refractivity contribution in [1.29, 1.82) is 0 Å². The fraction of sp³-hybridized carbons (Fsp3) is 0.625. The third-order valence-electron chi connectivity index (χ3n) is 4.62. The molecule has 3 rings (SSSR count). The minimum absolute atomic E-state index is 0.449. The number of aryl methyl sites for hydroxylation is 2. The monoisotopic (exact) mass is 305 g/mol. The fourth-order valence-electron chi connectivity index (χ4n) is 3.32. The highest BCUT2D eigenvalue weighted by molar-refractivity contribution is 7.80. The van der Waals surface area contributed by atoms with E-state index in [1.807, 2.05) is 0 Å². The summed E-state index contributed by atoms with van der Waals surface area (Å²) in [6, 6.07) is 2.63. The van der Waals surface area contributed by atoms with Gasteiger partial charge in [-0.1, -0.05) is 12.2 Å². The molecule has 1 aliphatic heterocycles. The molecular formula is C16H23N3OS. The lowest BCUT2D eigenvalue weighted by atomic mass is 9.94. The number of hydrogen-bond donors (Lipinski definition) is 1. The molecule has 1 aliphatic carbocycles. The van der Waals surface area contributed by atoms with Crippen LogP contribution < -0.4 is 10.6 Å². The van der Waals surface area contributed by atoms with Crippen LogP contribution in [0.4, 0.5) is 5.82 Å². The van der Waals surface area contributed by atoms with Gasteiger partial charge in [0.2, 0.25) is 0 Å². The Bertz CT molecular complexity index is 541. The van der Waals surface area contributed by atoms with E-state index >= 15 is 0 Å². The van der Waals surface area contributed by atoms with Crippen LogP contribution in [0.25, 0.3) is 0 Å². The molecule has 2 heterocycles. The Kier molecular flexibility index (Phi) is 4.40. The molecule has 0 spiro atoms. The summed E-state index contributed by atoms with van der Waals surface area (Å²) in [6.45, 7) is 1.64. The van der Waals surface area contributed by atoms with Gasteiger partial charge in [0.25, 0.3) is 0 Å². The molecule has 0 atom stereocenters. The SMILES string of the molecule is CN(c1nc2c(cc1C(N)=S)CCCC2)C1CCOCC1. The van der Waals surface area contributed by atoms with E-state index in [1.165, 1.54) is 24.1 Å². The summed E-state index contributed by atoms with van der Waals surface area (Å²) in [5, 5.41) is 0. The molecule has 2 N–H and O–H groups in total. The fourth-order valence-corrected chi connectivity index (χ4v) is 3.47.